The van der Waals surface area contributed by atoms with Crippen LogP contribution in [0.2, 0.25) is 0 Å². The maximum atomic E-state index is 6.58. The molecule has 3 unspecified atom stereocenters. The molecule has 6 heteroatoms. The first-order valence-electron chi connectivity index (χ1n) is 13.8. The standard InChI is InChI=1S/C31H40O6/c1-4-12-24(13-5-1)20-34-28-27-23-32-18-10-11-19-33-29(28)30(35-21-25-14-6-2-7-15-25)31(37-27)36-22-26-16-8-3-9-17-26/h1-2,4-7,10-15,26-31H,3,8-9,16-23H2/b11-10-/t27?,28-,29?,30?,31-/m1/s1. The fourth-order valence-electron chi connectivity index (χ4n) is 5.39. The van der Waals surface area contributed by atoms with E-state index in [0.717, 1.165) is 11.1 Å². The SMILES string of the molecule is C1=C\COC2C(OCc3ccccc3)[C@H](OCC3CCCCC3)OC(COC/1)[C@H]2OCc1ccccc1. The molecule has 200 valence electrons. The van der Waals surface area contributed by atoms with Crippen molar-refractivity contribution >= 4 is 0 Å². The molecule has 0 amide bonds. The van der Waals surface area contributed by atoms with Crippen molar-refractivity contribution in [2.45, 2.75) is 76.0 Å². The summed E-state index contributed by atoms with van der Waals surface area (Å²) in [7, 11) is 0. The van der Waals surface area contributed by atoms with Crippen LogP contribution in [0, 0.1) is 5.92 Å². The van der Waals surface area contributed by atoms with Gasteiger partial charge in [-0.25, -0.2) is 0 Å². The summed E-state index contributed by atoms with van der Waals surface area (Å²) < 4.78 is 38.5. The third-order valence-corrected chi connectivity index (χ3v) is 7.43. The summed E-state index contributed by atoms with van der Waals surface area (Å²) in [5.41, 5.74) is 2.20. The monoisotopic (exact) mass is 508 g/mol. The summed E-state index contributed by atoms with van der Waals surface area (Å²) in [5, 5.41) is 0. The van der Waals surface area contributed by atoms with Crippen LogP contribution >= 0.6 is 0 Å². The predicted octanol–water partition coefficient (Wildman–Crippen LogP) is 5.45. The van der Waals surface area contributed by atoms with Gasteiger partial charge in [-0.15, -0.1) is 0 Å². The van der Waals surface area contributed by atoms with Crippen LogP contribution in [0.25, 0.3) is 0 Å². The van der Waals surface area contributed by atoms with Crippen LogP contribution in [-0.4, -0.2) is 57.1 Å². The van der Waals surface area contributed by atoms with Crippen molar-refractivity contribution < 1.29 is 28.4 Å². The first kappa shape index (κ1) is 26.5. The third kappa shape index (κ3) is 7.73. The van der Waals surface area contributed by atoms with Crippen LogP contribution in [0.3, 0.4) is 0 Å². The molecule has 1 saturated carbocycles. The smallest absolute Gasteiger partial charge is 0.186 e. The Morgan fingerprint density at radius 1 is 0.703 bits per heavy atom. The molecule has 2 bridgehead atoms. The van der Waals surface area contributed by atoms with Crippen molar-refractivity contribution in [3.05, 3.63) is 83.9 Å². The topological polar surface area (TPSA) is 55.4 Å². The number of rotatable bonds is 9. The third-order valence-electron chi connectivity index (χ3n) is 7.43. The van der Waals surface area contributed by atoms with Gasteiger partial charge in [0.2, 0.25) is 0 Å². The Bertz CT molecular complexity index is 929. The second kappa shape index (κ2) is 14.2. The summed E-state index contributed by atoms with van der Waals surface area (Å²) in [6, 6.07) is 20.4. The lowest BCUT2D eigenvalue weighted by molar-refractivity contribution is -0.327. The van der Waals surface area contributed by atoms with E-state index in [2.05, 4.69) is 24.3 Å². The van der Waals surface area contributed by atoms with Gasteiger partial charge in [0.15, 0.2) is 6.29 Å². The van der Waals surface area contributed by atoms with Crippen LogP contribution in [-0.2, 0) is 41.6 Å². The largest absolute Gasteiger partial charge is 0.375 e. The fourth-order valence-corrected chi connectivity index (χ4v) is 5.39. The first-order chi connectivity index (χ1) is 18.4. The molecule has 3 aliphatic rings. The Hall–Kier alpha value is -2.06. The average Bonchev–Trinajstić information content (AvgIpc) is 2.95. The Kier molecular flexibility index (Phi) is 10.2. The maximum Gasteiger partial charge on any atom is 0.186 e. The van der Waals surface area contributed by atoms with Crippen molar-refractivity contribution in [2.24, 2.45) is 5.92 Å². The molecule has 6 nitrogen and oxygen atoms in total. The zero-order valence-corrected chi connectivity index (χ0v) is 21.6. The zero-order valence-electron chi connectivity index (χ0n) is 21.6. The van der Waals surface area contributed by atoms with Crippen molar-refractivity contribution in [2.75, 3.05) is 26.4 Å². The van der Waals surface area contributed by atoms with E-state index in [0.29, 0.717) is 45.6 Å². The normalized spacial score (nSPS) is 30.0. The highest BCUT2D eigenvalue weighted by molar-refractivity contribution is 5.14. The molecule has 0 aromatic heterocycles. The van der Waals surface area contributed by atoms with Gasteiger partial charge in [-0.1, -0.05) is 92.1 Å². The molecule has 5 atom stereocenters. The summed E-state index contributed by atoms with van der Waals surface area (Å²) >= 11 is 0. The van der Waals surface area contributed by atoms with E-state index in [1.165, 1.54) is 32.1 Å². The van der Waals surface area contributed by atoms with E-state index in [1.807, 2.05) is 48.6 Å². The number of fused-ring (bicyclic) bond motifs is 2. The Balaban J connectivity index is 1.36. The molecule has 0 radical (unpaired) electrons. The highest BCUT2D eigenvalue weighted by atomic mass is 16.7. The summed E-state index contributed by atoms with van der Waals surface area (Å²) in [6.07, 6.45) is 8.23. The van der Waals surface area contributed by atoms with Gasteiger partial charge in [0.25, 0.3) is 0 Å². The molecule has 2 aromatic carbocycles. The van der Waals surface area contributed by atoms with Gasteiger partial charge < -0.3 is 28.4 Å². The lowest BCUT2D eigenvalue weighted by atomic mass is 9.90. The van der Waals surface area contributed by atoms with Gasteiger partial charge in [0.1, 0.15) is 24.4 Å². The minimum atomic E-state index is -0.552. The Morgan fingerprint density at radius 3 is 2.05 bits per heavy atom. The lowest BCUT2D eigenvalue weighted by Gasteiger charge is -2.46. The van der Waals surface area contributed by atoms with E-state index in [-0.39, 0.29) is 18.3 Å². The van der Waals surface area contributed by atoms with E-state index >= 15 is 0 Å². The molecule has 2 aliphatic heterocycles. The number of hydrogen-bond donors (Lipinski definition) is 0. The van der Waals surface area contributed by atoms with E-state index in [9.17, 15) is 0 Å². The molecule has 0 spiro atoms. The predicted molar refractivity (Wildman–Crippen MR) is 141 cm³/mol. The molecule has 5 rings (SSSR count). The lowest BCUT2D eigenvalue weighted by Crippen LogP contribution is -2.62. The van der Waals surface area contributed by atoms with Crippen molar-refractivity contribution in [3.8, 4) is 0 Å². The van der Waals surface area contributed by atoms with Gasteiger partial charge in [-0.3, -0.25) is 0 Å². The average molecular weight is 509 g/mol. The van der Waals surface area contributed by atoms with Crippen LogP contribution in [0.1, 0.15) is 43.2 Å². The number of ether oxygens (including phenoxy) is 6. The van der Waals surface area contributed by atoms with Crippen LogP contribution in [0.5, 0.6) is 0 Å². The molecule has 1 saturated heterocycles. The minimum Gasteiger partial charge on any atom is -0.375 e. The molecule has 2 aromatic rings. The molecular weight excluding hydrogens is 468 g/mol. The Morgan fingerprint density at radius 2 is 1.35 bits per heavy atom. The van der Waals surface area contributed by atoms with Crippen molar-refractivity contribution in [1.82, 2.24) is 0 Å². The van der Waals surface area contributed by atoms with Crippen LogP contribution in [0.15, 0.2) is 72.8 Å². The summed E-state index contributed by atoms with van der Waals surface area (Å²) in [6.45, 7) is 2.94. The van der Waals surface area contributed by atoms with E-state index < -0.39 is 12.4 Å². The van der Waals surface area contributed by atoms with Crippen molar-refractivity contribution in [3.63, 3.8) is 0 Å². The van der Waals surface area contributed by atoms with Crippen molar-refractivity contribution in [1.29, 1.82) is 0 Å². The minimum absolute atomic E-state index is 0.326. The van der Waals surface area contributed by atoms with E-state index in [4.69, 9.17) is 28.4 Å². The molecule has 2 fully saturated rings. The molecule has 1 aliphatic carbocycles. The second-order valence-corrected chi connectivity index (χ2v) is 10.2. The van der Waals surface area contributed by atoms with Gasteiger partial charge in [-0.05, 0) is 29.9 Å². The van der Waals surface area contributed by atoms with Gasteiger partial charge >= 0.3 is 0 Å². The second-order valence-electron chi connectivity index (χ2n) is 10.2. The Labute approximate surface area is 220 Å². The summed E-state index contributed by atoms with van der Waals surface area (Å²) in [4.78, 5) is 0. The van der Waals surface area contributed by atoms with Crippen LogP contribution in [0.4, 0.5) is 0 Å². The van der Waals surface area contributed by atoms with E-state index in [1.54, 1.807) is 0 Å². The summed E-state index contributed by atoms with van der Waals surface area (Å²) in [5.74, 6) is 0.565. The molecule has 2 heterocycles. The molecule has 37 heavy (non-hydrogen) atoms. The number of benzene rings is 2. The maximum absolute atomic E-state index is 6.58. The zero-order chi connectivity index (χ0) is 25.1. The highest BCUT2D eigenvalue weighted by Gasteiger charge is 2.49. The first-order valence-corrected chi connectivity index (χ1v) is 13.8. The number of hydrogen-bond acceptors (Lipinski definition) is 6. The van der Waals surface area contributed by atoms with Gasteiger partial charge in [-0.2, -0.15) is 0 Å². The highest BCUT2D eigenvalue weighted by Crippen LogP contribution is 2.32. The quantitative estimate of drug-likeness (QED) is 0.420. The molecular formula is C31H40O6. The van der Waals surface area contributed by atoms with Crippen LogP contribution < -0.4 is 0 Å². The fraction of sp³-hybridized carbons (Fsp3) is 0.548. The molecule has 0 N–H and O–H groups in total. The van der Waals surface area contributed by atoms with Gasteiger partial charge in [0, 0.05) is 0 Å². The van der Waals surface area contributed by atoms with Gasteiger partial charge in [0.05, 0.1) is 39.6 Å².